The van der Waals surface area contributed by atoms with E-state index in [1.807, 2.05) is 0 Å². The zero-order valence-corrected chi connectivity index (χ0v) is 10.4. The molecule has 1 heterocycles. The molecule has 0 aliphatic rings. The second-order valence-corrected chi connectivity index (χ2v) is 4.90. The number of thiophene rings is 1. The molecule has 0 radical (unpaired) electrons. The highest BCUT2D eigenvalue weighted by Crippen LogP contribution is 2.28. The Bertz CT molecular complexity index is 551. The number of ketones is 1. The Balaban J connectivity index is 2.49. The molecule has 2 rings (SSSR count). The monoisotopic (exact) mass is 271 g/mol. The normalized spacial score (nSPS) is 10.4. The highest BCUT2D eigenvalue weighted by molar-refractivity contribution is 7.13. The molecule has 0 atom stereocenters. The van der Waals surface area contributed by atoms with Crippen LogP contribution < -0.4 is 5.73 Å². The van der Waals surface area contributed by atoms with Gasteiger partial charge in [0.25, 0.3) is 0 Å². The number of carbonyl (C=O) groups excluding carboxylic acids is 1. The fourth-order valence-electron chi connectivity index (χ4n) is 1.29. The SMILES string of the molecule is Nc1ccc(Cl)c(C(=O)c2sccc2Cl)c1. The van der Waals surface area contributed by atoms with Crippen LogP contribution in [0.25, 0.3) is 0 Å². The number of rotatable bonds is 2. The van der Waals surface area contributed by atoms with Gasteiger partial charge >= 0.3 is 0 Å². The van der Waals surface area contributed by atoms with Gasteiger partial charge in [-0.1, -0.05) is 23.2 Å². The van der Waals surface area contributed by atoms with Crippen LogP contribution in [0.3, 0.4) is 0 Å². The molecule has 1 aromatic heterocycles. The molecule has 2 N–H and O–H groups in total. The molecule has 0 aliphatic carbocycles. The summed E-state index contributed by atoms with van der Waals surface area (Å²) >= 11 is 13.1. The average Bonchev–Trinajstić information content (AvgIpc) is 2.67. The third-order valence-corrected chi connectivity index (χ3v) is 3.73. The quantitative estimate of drug-likeness (QED) is 0.666. The first-order valence-corrected chi connectivity index (χ1v) is 6.06. The molecule has 0 saturated heterocycles. The lowest BCUT2D eigenvalue weighted by molar-refractivity contribution is 0.104. The second-order valence-electron chi connectivity index (χ2n) is 3.17. The predicted octanol–water partition coefficient (Wildman–Crippen LogP) is 3.87. The maximum absolute atomic E-state index is 12.1. The first-order chi connectivity index (χ1) is 7.59. The number of nitrogens with two attached hydrogens (primary N) is 1. The van der Waals surface area contributed by atoms with E-state index in [4.69, 9.17) is 28.9 Å². The Morgan fingerprint density at radius 1 is 1.19 bits per heavy atom. The van der Waals surface area contributed by atoms with E-state index in [-0.39, 0.29) is 5.78 Å². The van der Waals surface area contributed by atoms with Crippen molar-refractivity contribution in [1.29, 1.82) is 0 Å². The molecule has 0 aliphatic heterocycles. The van der Waals surface area contributed by atoms with Gasteiger partial charge in [0.1, 0.15) is 0 Å². The van der Waals surface area contributed by atoms with E-state index in [9.17, 15) is 4.79 Å². The molecule has 0 spiro atoms. The van der Waals surface area contributed by atoms with E-state index in [0.717, 1.165) is 0 Å². The molecule has 5 heteroatoms. The van der Waals surface area contributed by atoms with Crippen molar-refractivity contribution in [3.63, 3.8) is 0 Å². The Labute approximate surface area is 107 Å². The van der Waals surface area contributed by atoms with Crippen LogP contribution in [0, 0.1) is 0 Å². The van der Waals surface area contributed by atoms with Crippen molar-refractivity contribution in [2.75, 3.05) is 5.73 Å². The molecule has 0 unspecified atom stereocenters. The van der Waals surface area contributed by atoms with Crippen LogP contribution in [0.4, 0.5) is 5.69 Å². The molecular weight excluding hydrogens is 265 g/mol. The minimum atomic E-state index is -0.197. The number of benzene rings is 1. The summed E-state index contributed by atoms with van der Waals surface area (Å²) in [4.78, 5) is 12.6. The van der Waals surface area contributed by atoms with Crippen LogP contribution in [-0.2, 0) is 0 Å². The van der Waals surface area contributed by atoms with E-state index in [0.29, 0.717) is 26.2 Å². The summed E-state index contributed by atoms with van der Waals surface area (Å²) in [5, 5.41) is 2.58. The molecule has 0 saturated carbocycles. The van der Waals surface area contributed by atoms with Crippen molar-refractivity contribution >= 4 is 46.0 Å². The van der Waals surface area contributed by atoms with Gasteiger partial charge in [-0.2, -0.15) is 0 Å². The van der Waals surface area contributed by atoms with E-state index in [2.05, 4.69) is 0 Å². The number of hydrogen-bond donors (Lipinski definition) is 1. The van der Waals surface area contributed by atoms with E-state index >= 15 is 0 Å². The summed E-state index contributed by atoms with van der Waals surface area (Å²) in [7, 11) is 0. The molecule has 82 valence electrons. The summed E-state index contributed by atoms with van der Waals surface area (Å²) in [6.07, 6.45) is 0. The molecule has 0 amide bonds. The van der Waals surface area contributed by atoms with Crippen LogP contribution in [0.15, 0.2) is 29.6 Å². The summed E-state index contributed by atoms with van der Waals surface area (Å²) in [5.41, 5.74) is 6.50. The molecule has 2 aromatic rings. The standard InChI is InChI=1S/C11H7Cl2NOS/c12-8-2-1-6(14)5-7(8)10(15)11-9(13)3-4-16-11/h1-5H,14H2. The summed E-state index contributed by atoms with van der Waals surface area (Å²) in [6.45, 7) is 0. The first kappa shape index (κ1) is 11.5. The maximum atomic E-state index is 12.1. The lowest BCUT2D eigenvalue weighted by Crippen LogP contribution is -2.01. The predicted molar refractivity (Wildman–Crippen MR) is 68.6 cm³/mol. The van der Waals surface area contributed by atoms with Crippen LogP contribution in [-0.4, -0.2) is 5.78 Å². The van der Waals surface area contributed by atoms with Crippen molar-refractivity contribution in [3.8, 4) is 0 Å². The molecule has 0 fully saturated rings. The maximum Gasteiger partial charge on any atom is 0.206 e. The smallest absolute Gasteiger partial charge is 0.206 e. The lowest BCUT2D eigenvalue weighted by atomic mass is 10.1. The third kappa shape index (κ3) is 2.07. The largest absolute Gasteiger partial charge is 0.399 e. The number of nitrogen functional groups attached to an aromatic ring is 1. The summed E-state index contributed by atoms with van der Waals surface area (Å²) in [6, 6.07) is 6.49. The second kappa shape index (κ2) is 4.45. The Kier molecular flexibility index (Phi) is 3.19. The Morgan fingerprint density at radius 2 is 1.94 bits per heavy atom. The van der Waals surface area contributed by atoms with Gasteiger partial charge in [-0.25, -0.2) is 0 Å². The van der Waals surface area contributed by atoms with E-state index < -0.39 is 0 Å². The zero-order valence-electron chi connectivity index (χ0n) is 8.04. The van der Waals surface area contributed by atoms with Crippen molar-refractivity contribution in [1.82, 2.24) is 0 Å². The van der Waals surface area contributed by atoms with Gasteiger partial charge in [0.05, 0.1) is 14.9 Å². The summed E-state index contributed by atoms with van der Waals surface area (Å²) in [5.74, 6) is -0.197. The van der Waals surface area contributed by atoms with Crippen LogP contribution >= 0.6 is 34.5 Å². The molecule has 16 heavy (non-hydrogen) atoms. The minimum absolute atomic E-state index is 0.197. The molecular formula is C11H7Cl2NOS. The van der Waals surface area contributed by atoms with Gasteiger partial charge in [0, 0.05) is 11.3 Å². The number of hydrogen-bond acceptors (Lipinski definition) is 3. The van der Waals surface area contributed by atoms with Gasteiger partial charge in [0.2, 0.25) is 5.78 Å². The van der Waals surface area contributed by atoms with Crippen LogP contribution in [0.1, 0.15) is 15.2 Å². The number of carbonyl (C=O) groups is 1. The lowest BCUT2D eigenvalue weighted by Gasteiger charge is -2.03. The van der Waals surface area contributed by atoms with Gasteiger partial charge in [-0.15, -0.1) is 11.3 Å². The van der Waals surface area contributed by atoms with Gasteiger partial charge in [-0.3, -0.25) is 4.79 Å². The average molecular weight is 272 g/mol. The fraction of sp³-hybridized carbons (Fsp3) is 0. The van der Waals surface area contributed by atoms with E-state index in [1.54, 1.807) is 29.6 Å². The minimum Gasteiger partial charge on any atom is -0.399 e. The summed E-state index contributed by atoms with van der Waals surface area (Å²) < 4.78 is 0. The van der Waals surface area contributed by atoms with Crippen LogP contribution in [0.5, 0.6) is 0 Å². The van der Waals surface area contributed by atoms with Crippen LogP contribution in [0.2, 0.25) is 10.0 Å². The van der Waals surface area contributed by atoms with Gasteiger partial charge in [-0.05, 0) is 29.6 Å². The topological polar surface area (TPSA) is 43.1 Å². The van der Waals surface area contributed by atoms with E-state index in [1.165, 1.54) is 11.3 Å². The molecule has 0 bridgehead atoms. The first-order valence-electron chi connectivity index (χ1n) is 4.42. The van der Waals surface area contributed by atoms with Crippen molar-refractivity contribution in [3.05, 3.63) is 50.1 Å². The van der Waals surface area contributed by atoms with Gasteiger partial charge in [0.15, 0.2) is 0 Å². The van der Waals surface area contributed by atoms with Crippen molar-refractivity contribution < 1.29 is 4.79 Å². The molecule has 1 aromatic carbocycles. The number of anilines is 1. The highest BCUT2D eigenvalue weighted by atomic mass is 35.5. The Hall–Kier alpha value is -1.03. The third-order valence-electron chi connectivity index (χ3n) is 2.06. The van der Waals surface area contributed by atoms with Gasteiger partial charge < -0.3 is 5.73 Å². The Morgan fingerprint density at radius 3 is 2.56 bits per heavy atom. The molecule has 2 nitrogen and oxygen atoms in total. The highest BCUT2D eigenvalue weighted by Gasteiger charge is 2.17. The number of halogens is 2. The van der Waals surface area contributed by atoms with Crippen molar-refractivity contribution in [2.24, 2.45) is 0 Å². The zero-order chi connectivity index (χ0) is 11.7. The van der Waals surface area contributed by atoms with Crippen molar-refractivity contribution in [2.45, 2.75) is 0 Å². The fourth-order valence-corrected chi connectivity index (χ4v) is 2.59.